The van der Waals surface area contributed by atoms with Crippen molar-refractivity contribution >= 4 is 11.7 Å². The van der Waals surface area contributed by atoms with E-state index >= 15 is 0 Å². The highest BCUT2D eigenvalue weighted by Gasteiger charge is 2.29. The van der Waals surface area contributed by atoms with E-state index in [1.165, 1.54) is 43.4 Å². The maximum Gasteiger partial charge on any atom is 0.220 e. The summed E-state index contributed by atoms with van der Waals surface area (Å²) < 4.78 is 0. The van der Waals surface area contributed by atoms with Gasteiger partial charge >= 0.3 is 0 Å². The van der Waals surface area contributed by atoms with Gasteiger partial charge in [0.1, 0.15) is 12.1 Å². The highest BCUT2D eigenvalue weighted by atomic mass is 16.1. The molecule has 4 rings (SSSR count). The van der Waals surface area contributed by atoms with Gasteiger partial charge < -0.3 is 10.2 Å². The zero-order chi connectivity index (χ0) is 15.6. The third-order valence-corrected chi connectivity index (χ3v) is 5.65. The molecule has 0 radical (unpaired) electrons. The summed E-state index contributed by atoms with van der Waals surface area (Å²) in [6.07, 6.45) is 11.9. The van der Waals surface area contributed by atoms with E-state index in [2.05, 4.69) is 20.2 Å². The number of rotatable bonds is 4. The Kier molecular flexibility index (Phi) is 4.19. The first-order valence-corrected chi connectivity index (χ1v) is 9.16. The Morgan fingerprint density at radius 1 is 1.17 bits per heavy atom. The van der Waals surface area contributed by atoms with E-state index in [9.17, 15) is 4.79 Å². The molecule has 0 aromatic carbocycles. The van der Waals surface area contributed by atoms with Crippen molar-refractivity contribution in [2.24, 2.45) is 5.92 Å². The van der Waals surface area contributed by atoms with E-state index in [1.54, 1.807) is 6.33 Å². The Labute approximate surface area is 137 Å². The Bertz CT molecular complexity index is 582. The van der Waals surface area contributed by atoms with Crippen molar-refractivity contribution in [2.45, 2.75) is 63.8 Å². The molecule has 1 atom stereocenters. The molecule has 1 N–H and O–H groups in total. The van der Waals surface area contributed by atoms with Crippen LogP contribution in [-0.2, 0) is 17.6 Å². The summed E-state index contributed by atoms with van der Waals surface area (Å²) in [6, 6.07) is 0.274. The smallest absolute Gasteiger partial charge is 0.220 e. The fraction of sp³-hybridized carbons (Fsp3) is 0.722. The van der Waals surface area contributed by atoms with E-state index in [0.717, 1.165) is 44.6 Å². The minimum atomic E-state index is 0.247. The lowest BCUT2D eigenvalue weighted by Crippen LogP contribution is -2.38. The average molecular weight is 314 g/mol. The van der Waals surface area contributed by atoms with Crippen molar-refractivity contribution in [3.8, 4) is 0 Å². The molecular formula is C18H26N4O. The molecular weight excluding hydrogens is 288 g/mol. The molecule has 5 nitrogen and oxygen atoms in total. The Morgan fingerprint density at radius 3 is 2.91 bits per heavy atom. The fourth-order valence-electron chi connectivity index (χ4n) is 4.45. The van der Waals surface area contributed by atoms with Gasteiger partial charge in [0.2, 0.25) is 5.91 Å². The van der Waals surface area contributed by atoms with Gasteiger partial charge in [0.25, 0.3) is 0 Å². The van der Waals surface area contributed by atoms with Crippen LogP contribution in [0.15, 0.2) is 6.33 Å². The van der Waals surface area contributed by atoms with Gasteiger partial charge in [-0.05, 0) is 44.4 Å². The molecule has 1 amide bonds. The minimum Gasteiger partial charge on any atom is -0.354 e. The lowest BCUT2D eigenvalue weighted by atomic mass is 10.0. The van der Waals surface area contributed by atoms with Crippen molar-refractivity contribution in [3.05, 3.63) is 17.6 Å². The molecule has 1 aromatic heterocycles. The third kappa shape index (κ3) is 3.19. The van der Waals surface area contributed by atoms with Gasteiger partial charge in [-0.15, -0.1) is 0 Å². The maximum atomic E-state index is 12.2. The van der Waals surface area contributed by atoms with Gasteiger partial charge in [-0.2, -0.15) is 0 Å². The lowest BCUT2D eigenvalue weighted by Gasteiger charge is -2.20. The molecule has 1 saturated heterocycles. The number of carbonyl (C=O) groups excluding carboxylic acids is 1. The van der Waals surface area contributed by atoms with Crippen LogP contribution in [0.4, 0.5) is 5.82 Å². The monoisotopic (exact) mass is 314 g/mol. The number of anilines is 1. The number of nitrogens with zero attached hydrogens (tertiary/aromatic N) is 3. The zero-order valence-corrected chi connectivity index (χ0v) is 13.8. The molecule has 124 valence electrons. The number of hydrogen-bond acceptors (Lipinski definition) is 4. The normalized spacial score (nSPS) is 24.2. The standard InChI is InChI=1S/C18H26N4O/c23-17(10-13-4-1-2-5-13)21-14-8-9-22(11-14)18-15-6-3-7-16(15)19-12-20-18/h12-14H,1-11H2,(H,21,23). The maximum absolute atomic E-state index is 12.2. The number of nitrogens with one attached hydrogen (secondary N) is 1. The van der Waals surface area contributed by atoms with Crippen molar-refractivity contribution in [3.63, 3.8) is 0 Å². The second kappa shape index (κ2) is 6.46. The Morgan fingerprint density at radius 2 is 2.04 bits per heavy atom. The van der Waals surface area contributed by atoms with Gasteiger partial charge in [-0.3, -0.25) is 4.79 Å². The van der Waals surface area contributed by atoms with Gasteiger partial charge in [0.15, 0.2) is 0 Å². The second-order valence-electron chi connectivity index (χ2n) is 7.33. The van der Waals surface area contributed by atoms with Crippen LogP contribution in [0.25, 0.3) is 0 Å². The molecule has 1 unspecified atom stereocenters. The predicted molar refractivity (Wildman–Crippen MR) is 89.4 cm³/mol. The first kappa shape index (κ1) is 14.9. The topological polar surface area (TPSA) is 58.1 Å². The van der Waals surface area contributed by atoms with E-state index in [4.69, 9.17) is 0 Å². The molecule has 2 fully saturated rings. The van der Waals surface area contributed by atoms with Gasteiger partial charge in [-0.1, -0.05) is 12.8 Å². The molecule has 1 saturated carbocycles. The number of carbonyl (C=O) groups is 1. The van der Waals surface area contributed by atoms with Crippen molar-refractivity contribution < 1.29 is 4.79 Å². The van der Waals surface area contributed by atoms with E-state index in [0.29, 0.717) is 5.92 Å². The SMILES string of the molecule is O=C(CC1CCCC1)NC1CCN(c2ncnc3c2CCC3)C1. The summed E-state index contributed by atoms with van der Waals surface area (Å²) in [6.45, 7) is 1.87. The number of aryl methyl sites for hydroxylation is 1. The summed E-state index contributed by atoms with van der Waals surface area (Å²) in [5.41, 5.74) is 2.56. The number of aromatic nitrogens is 2. The number of amides is 1. The van der Waals surface area contributed by atoms with E-state index in [1.807, 2.05) is 0 Å². The summed E-state index contributed by atoms with van der Waals surface area (Å²) in [4.78, 5) is 23.5. The number of hydrogen-bond donors (Lipinski definition) is 1. The van der Waals surface area contributed by atoms with Crippen molar-refractivity contribution in [1.29, 1.82) is 0 Å². The van der Waals surface area contributed by atoms with E-state index in [-0.39, 0.29) is 11.9 Å². The van der Waals surface area contributed by atoms with E-state index < -0.39 is 0 Å². The molecule has 1 aromatic rings. The predicted octanol–water partition coefficient (Wildman–Crippen LogP) is 2.24. The highest BCUT2D eigenvalue weighted by Crippen LogP contribution is 2.30. The molecule has 3 aliphatic rings. The van der Waals surface area contributed by atoms with Crippen LogP contribution in [0.3, 0.4) is 0 Å². The lowest BCUT2D eigenvalue weighted by molar-refractivity contribution is -0.122. The van der Waals surface area contributed by atoms with Crippen LogP contribution < -0.4 is 10.2 Å². The Hall–Kier alpha value is -1.65. The number of fused-ring (bicyclic) bond motifs is 1. The molecule has 23 heavy (non-hydrogen) atoms. The van der Waals surface area contributed by atoms with Gasteiger partial charge in [-0.25, -0.2) is 9.97 Å². The average Bonchev–Trinajstić information content (AvgIpc) is 3.27. The highest BCUT2D eigenvalue weighted by molar-refractivity contribution is 5.76. The molecule has 0 spiro atoms. The summed E-state index contributed by atoms with van der Waals surface area (Å²) in [7, 11) is 0. The second-order valence-corrected chi connectivity index (χ2v) is 7.33. The van der Waals surface area contributed by atoms with Gasteiger partial charge in [0, 0.05) is 36.8 Å². The third-order valence-electron chi connectivity index (χ3n) is 5.65. The van der Waals surface area contributed by atoms with Crippen LogP contribution in [-0.4, -0.2) is 35.0 Å². The molecule has 5 heteroatoms. The van der Waals surface area contributed by atoms with Gasteiger partial charge in [0.05, 0.1) is 0 Å². The largest absolute Gasteiger partial charge is 0.354 e. The molecule has 2 heterocycles. The first-order valence-electron chi connectivity index (χ1n) is 9.16. The Balaban J connectivity index is 1.34. The molecule has 2 aliphatic carbocycles. The van der Waals surface area contributed by atoms with Crippen LogP contribution in [0.1, 0.15) is 56.2 Å². The zero-order valence-electron chi connectivity index (χ0n) is 13.8. The van der Waals surface area contributed by atoms with Crippen molar-refractivity contribution in [1.82, 2.24) is 15.3 Å². The summed E-state index contributed by atoms with van der Waals surface area (Å²) in [5, 5.41) is 3.25. The van der Waals surface area contributed by atoms with Crippen LogP contribution in [0, 0.1) is 5.92 Å². The fourth-order valence-corrected chi connectivity index (χ4v) is 4.45. The van der Waals surface area contributed by atoms with Crippen LogP contribution >= 0.6 is 0 Å². The minimum absolute atomic E-state index is 0.247. The van der Waals surface area contributed by atoms with Crippen LogP contribution in [0.2, 0.25) is 0 Å². The molecule has 1 aliphatic heterocycles. The quantitative estimate of drug-likeness (QED) is 0.926. The molecule has 0 bridgehead atoms. The summed E-state index contributed by atoms with van der Waals surface area (Å²) >= 11 is 0. The van der Waals surface area contributed by atoms with Crippen molar-refractivity contribution in [2.75, 3.05) is 18.0 Å². The summed E-state index contributed by atoms with van der Waals surface area (Å²) in [5.74, 6) is 1.98. The first-order chi connectivity index (χ1) is 11.3. The van der Waals surface area contributed by atoms with Crippen LogP contribution in [0.5, 0.6) is 0 Å².